The van der Waals surface area contributed by atoms with Crippen LogP contribution in [-0.2, 0) is 4.74 Å². The maximum absolute atomic E-state index is 6.34. The number of nitrogens with two attached hydrogens (primary N) is 1. The number of methoxy groups -OCH3 is 1. The molecular weight excluding hydrogens is 212 g/mol. The van der Waals surface area contributed by atoms with Gasteiger partial charge in [-0.25, -0.2) is 0 Å². The first kappa shape index (κ1) is 14.9. The van der Waals surface area contributed by atoms with E-state index in [0.717, 1.165) is 19.5 Å². The topological polar surface area (TPSA) is 38.5 Å². The first-order valence-electron chi connectivity index (χ1n) is 6.92. The van der Waals surface area contributed by atoms with E-state index in [4.69, 9.17) is 10.5 Å². The molecule has 2 N–H and O–H groups in total. The molecule has 1 aliphatic rings. The maximum atomic E-state index is 6.34. The van der Waals surface area contributed by atoms with E-state index in [1.807, 2.05) is 7.11 Å². The van der Waals surface area contributed by atoms with Gasteiger partial charge in [0.2, 0.25) is 0 Å². The van der Waals surface area contributed by atoms with Crippen LogP contribution in [0.3, 0.4) is 0 Å². The second kappa shape index (κ2) is 6.17. The smallest absolute Gasteiger partial charge is 0.0698 e. The number of likely N-dealkylation sites (tertiary alicyclic amines) is 1. The largest absolute Gasteiger partial charge is 0.380 e. The Hall–Kier alpha value is -0.120. The van der Waals surface area contributed by atoms with Gasteiger partial charge in [0, 0.05) is 25.7 Å². The average Bonchev–Trinajstić information content (AvgIpc) is 2.27. The van der Waals surface area contributed by atoms with Gasteiger partial charge in [0.15, 0.2) is 0 Å². The van der Waals surface area contributed by atoms with Crippen LogP contribution in [0.15, 0.2) is 0 Å². The minimum atomic E-state index is 0.227. The van der Waals surface area contributed by atoms with E-state index >= 15 is 0 Å². The summed E-state index contributed by atoms with van der Waals surface area (Å²) < 4.78 is 5.52. The lowest BCUT2D eigenvalue weighted by Crippen LogP contribution is -2.58. The Kier molecular flexibility index (Phi) is 5.42. The Morgan fingerprint density at radius 2 is 2.06 bits per heavy atom. The summed E-state index contributed by atoms with van der Waals surface area (Å²) >= 11 is 0. The molecule has 1 heterocycles. The van der Waals surface area contributed by atoms with Crippen molar-refractivity contribution in [1.82, 2.24) is 4.90 Å². The van der Waals surface area contributed by atoms with Gasteiger partial charge in [-0.1, -0.05) is 27.7 Å². The average molecular weight is 242 g/mol. The Balaban J connectivity index is 2.76. The van der Waals surface area contributed by atoms with E-state index in [1.165, 1.54) is 12.8 Å². The number of ether oxygens (including phenoxy) is 1. The molecule has 0 saturated carbocycles. The maximum Gasteiger partial charge on any atom is 0.0698 e. The van der Waals surface area contributed by atoms with Crippen LogP contribution in [0.1, 0.15) is 47.0 Å². The molecule has 0 amide bonds. The number of hydrogen-bond donors (Lipinski definition) is 1. The van der Waals surface area contributed by atoms with Gasteiger partial charge >= 0.3 is 0 Å². The zero-order chi connectivity index (χ0) is 13.1. The van der Waals surface area contributed by atoms with Gasteiger partial charge in [-0.3, -0.25) is 4.90 Å². The highest BCUT2D eigenvalue weighted by molar-refractivity contribution is 4.93. The van der Waals surface area contributed by atoms with Crippen LogP contribution in [0.25, 0.3) is 0 Å². The Bertz CT molecular complexity index is 225. The molecule has 0 aromatic carbocycles. The highest BCUT2D eigenvalue weighted by Crippen LogP contribution is 2.30. The quantitative estimate of drug-likeness (QED) is 0.822. The van der Waals surface area contributed by atoms with Crippen molar-refractivity contribution in [2.75, 3.05) is 20.2 Å². The first-order valence-corrected chi connectivity index (χ1v) is 6.92. The van der Waals surface area contributed by atoms with Crippen molar-refractivity contribution in [3.8, 4) is 0 Å². The highest BCUT2D eigenvalue weighted by atomic mass is 16.5. The number of nitrogens with zero attached hydrogens (tertiary/aromatic N) is 1. The van der Waals surface area contributed by atoms with E-state index in [9.17, 15) is 0 Å². The summed E-state index contributed by atoms with van der Waals surface area (Å²) in [4.78, 5) is 2.55. The molecule has 3 heteroatoms. The lowest BCUT2D eigenvalue weighted by Gasteiger charge is -2.46. The SMILES string of the molecule is CCC(N)C(N1CCCC(OC)C1)C(C)(C)C. The van der Waals surface area contributed by atoms with E-state index in [1.54, 1.807) is 0 Å². The van der Waals surface area contributed by atoms with Crippen molar-refractivity contribution in [1.29, 1.82) is 0 Å². The van der Waals surface area contributed by atoms with E-state index < -0.39 is 0 Å². The second-order valence-electron chi connectivity index (χ2n) is 6.38. The predicted molar refractivity (Wildman–Crippen MR) is 73.1 cm³/mol. The third-order valence-corrected chi connectivity index (χ3v) is 3.90. The molecule has 0 radical (unpaired) electrons. The van der Waals surface area contributed by atoms with Gasteiger partial charge < -0.3 is 10.5 Å². The monoisotopic (exact) mass is 242 g/mol. The van der Waals surface area contributed by atoms with Gasteiger partial charge in [-0.2, -0.15) is 0 Å². The molecule has 3 nitrogen and oxygen atoms in total. The van der Waals surface area contributed by atoms with Gasteiger partial charge in [-0.05, 0) is 31.2 Å². The molecule has 102 valence electrons. The molecule has 1 saturated heterocycles. The fourth-order valence-corrected chi connectivity index (χ4v) is 3.10. The van der Waals surface area contributed by atoms with Gasteiger partial charge in [0.1, 0.15) is 0 Å². The van der Waals surface area contributed by atoms with Crippen molar-refractivity contribution < 1.29 is 4.74 Å². The Morgan fingerprint density at radius 3 is 2.53 bits per heavy atom. The summed E-state index contributed by atoms with van der Waals surface area (Å²) in [6.45, 7) is 11.3. The van der Waals surface area contributed by atoms with Gasteiger partial charge in [0.05, 0.1) is 6.10 Å². The number of piperidine rings is 1. The molecule has 3 atom stereocenters. The fraction of sp³-hybridized carbons (Fsp3) is 1.00. The lowest BCUT2D eigenvalue weighted by molar-refractivity contribution is -0.0165. The second-order valence-corrected chi connectivity index (χ2v) is 6.38. The van der Waals surface area contributed by atoms with Crippen LogP contribution in [0, 0.1) is 5.41 Å². The minimum absolute atomic E-state index is 0.227. The van der Waals surface area contributed by atoms with Crippen LogP contribution in [0.2, 0.25) is 0 Å². The third-order valence-electron chi connectivity index (χ3n) is 3.90. The first-order chi connectivity index (χ1) is 7.90. The zero-order valence-electron chi connectivity index (χ0n) is 12.2. The van der Waals surface area contributed by atoms with Crippen LogP contribution in [-0.4, -0.2) is 43.3 Å². The van der Waals surface area contributed by atoms with Gasteiger partial charge in [0.25, 0.3) is 0 Å². The summed E-state index contributed by atoms with van der Waals surface area (Å²) in [6.07, 6.45) is 3.83. The molecule has 3 unspecified atom stereocenters. The summed E-state index contributed by atoms with van der Waals surface area (Å²) in [7, 11) is 1.82. The molecule has 0 aromatic heterocycles. The van der Waals surface area contributed by atoms with E-state index in [-0.39, 0.29) is 11.5 Å². The summed E-state index contributed by atoms with van der Waals surface area (Å²) in [6, 6.07) is 0.705. The van der Waals surface area contributed by atoms with E-state index in [0.29, 0.717) is 12.1 Å². The molecule has 17 heavy (non-hydrogen) atoms. The molecule has 1 rings (SSSR count). The molecule has 0 aromatic rings. The Labute approximate surface area is 107 Å². The van der Waals surface area contributed by atoms with Crippen molar-refractivity contribution in [3.63, 3.8) is 0 Å². The van der Waals surface area contributed by atoms with Crippen molar-refractivity contribution in [2.24, 2.45) is 11.1 Å². The molecular formula is C14H30N2O. The van der Waals surface area contributed by atoms with Crippen molar-refractivity contribution >= 4 is 0 Å². The summed E-state index contributed by atoms with van der Waals surface area (Å²) in [5.41, 5.74) is 6.57. The van der Waals surface area contributed by atoms with E-state index in [2.05, 4.69) is 32.6 Å². The summed E-state index contributed by atoms with van der Waals surface area (Å²) in [5.74, 6) is 0. The summed E-state index contributed by atoms with van der Waals surface area (Å²) in [5, 5.41) is 0. The van der Waals surface area contributed by atoms with Crippen molar-refractivity contribution in [2.45, 2.75) is 65.1 Å². The standard InChI is InChI=1S/C14H30N2O/c1-6-12(15)13(14(2,3)4)16-9-7-8-11(10-16)17-5/h11-13H,6-10,15H2,1-5H3. The van der Waals surface area contributed by atoms with Crippen molar-refractivity contribution in [3.05, 3.63) is 0 Å². The van der Waals surface area contributed by atoms with Crippen LogP contribution < -0.4 is 5.73 Å². The molecule has 1 fully saturated rings. The number of hydrogen-bond acceptors (Lipinski definition) is 3. The molecule has 1 aliphatic heterocycles. The normalized spacial score (nSPS) is 26.8. The lowest BCUT2D eigenvalue weighted by atomic mass is 9.79. The molecule has 0 bridgehead atoms. The van der Waals surface area contributed by atoms with Crippen LogP contribution in [0.5, 0.6) is 0 Å². The third kappa shape index (κ3) is 3.94. The van der Waals surface area contributed by atoms with Gasteiger partial charge in [-0.15, -0.1) is 0 Å². The predicted octanol–water partition coefficient (Wildman–Crippen LogP) is 2.25. The molecule has 0 spiro atoms. The molecule has 0 aliphatic carbocycles. The van der Waals surface area contributed by atoms with Crippen LogP contribution >= 0.6 is 0 Å². The zero-order valence-corrected chi connectivity index (χ0v) is 12.2. The minimum Gasteiger partial charge on any atom is -0.380 e. The van der Waals surface area contributed by atoms with Crippen LogP contribution in [0.4, 0.5) is 0 Å². The number of rotatable bonds is 4. The fourth-order valence-electron chi connectivity index (χ4n) is 3.10. The Morgan fingerprint density at radius 1 is 1.41 bits per heavy atom. The highest BCUT2D eigenvalue weighted by Gasteiger charge is 2.36.